The molecule has 0 aromatic heterocycles. The molecule has 0 fully saturated rings. The lowest BCUT2D eigenvalue weighted by Crippen LogP contribution is -2.21. The first-order chi connectivity index (χ1) is 9.31. The van der Waals surface area contributed by atoms with E-state index in [9.17, 15) is 0 Å². The highest BCUT2D eigenvalue weighted by Crippen LogP contribution is 2.20. The summed E-state index contributed by atoms with van der Waals surface area (Å²) in [6.07, 6.45) is 4.31. The van der Waals surface area contributed by atoms with Crippen molar-refractivity contribution in [3.63, 3.8) is 0 Å². The van der Waals surface area contributed by atoms with E-state index in [1.165, 1.54) is 16.1 Å². The number of anilines is 1. The van der Waals surface area contributed by atoms with Gasteiger partial charge in [-0.2, -0.15) is 0 Å². The Morgan fingerprint density at radius 3 is 2.53 bits per heavy atom. The summed E-state index contributed by atoms with van der Waals surface area (Å²) in [6.45, 7) is 2.24. The van der Waals surface area contributed by atoms with E-state index in [4.69, 9.17) is 0 Å². The van der Waals surface area contributed by atoms with Crippen LogP contribution < -0.4 is 5.32 Å². The van der Waals surface area contributed by atoms with Gasteiger partial charge in [0, 0.05) is 16.6 Å². The van der Waals surface area contributed by atoms with E-state index in [1.807, 2.05) is 0 Å². The molecule has 19 heavy (non-hydrogen) atoms. The van der Waals surface area contributed by atoms with Gasteiger partial charge in [0.25, 0.3) is 0 Å². The zero-order valence-electron chi connectivity index (χ0n) is 11.6. The van der Waals surface area contributed by atoms with Crippen LogP contribution in [-0.2, 0) is 6.42 Å². The Kier molecular flexibility index (Phi) is 5.34. The maximum absolute atomic E-state index is 3.64. The molecular formula is C17H21NS. The van der Waals surface area contributed by atoms with Gasteiger partial charge in [0.05, 0.1) is 0 Å². The molecular weight excluding hydrogens is 250 g/mol. The summed E-state index contributed by atoms with van der Waals surface area (Å²) in [5.74, 6) is 0. The Morgan fingerprint density at radius 1 is 1.05 bits per heavy atom. The molecule has 0 aliphatic heterocycles. The number of hydrogen-bond acceptors (Lipinski definition) is 2. The molecule has 0 aliphatic carbocycles. The SMILES string of the molecule is CCC(Cc1ccccc1)Nc1cccc(SC)c1. The normalized spacial score (nSPS) is 12.1. The Labute approximate surface area is 120 Å². The van der Waals surface area contributed by atoms with Gasteiger partial charge in [-0.25, -0.2) is 0 Å². The fraction of sp³-hybridized carbons (Fsp3) is 0.294. The van der Waals surface area contributed by atoms with Gasteiger partial charge in [0.1, 0.15) is 0 Å². The summed E-state index contributed by atoms with van der Waals surface area (Å²) in [5.41, 5.74) is 2.61. The molecule has 2 aromatic rings. The summed E-state index contributed by atoms with van der Waals surface area (Å²) in [6, 6.07) is 19.8. The number of nitrogens with one attached hydrogen (secondary N) is 1. The third-order valence-corrected chi connectivity index (χ3v) is 3.98. The average molecular weight is 271 g/mol. The molecule has 2 rings (SSSR count). The smallest absolute Gasteiger partial charge is 0.0353 e. The maximum Gasteiger partial charge on any atom is 0.0353 e. The molecule has 1 N–H and O–H groups in total. The first kappa shape index (κ1) is 14.0. The van der Waals surface area contributed by atoms with E-state index in [2.05, 4.69) is 73.1 Å². The fourth-order valence-corrected chi connectivity index (χ4v) is 2.60. The fourth-order valence-electron chi connectivity index (χ4n) is 2.14. The molecule has 2 heteroatoms. The molecule has 100 valence electrons. The lowest BCUT2D eigenvalue weighted by Gasteiger charge is -2.19. The lowest BCUT2D eigenvalue weighted by molar-refractivity contribution is 0.690. The van der Waals surface area contributed by atoms with Crippen molar-refractivity contribution in [3.05, 3.63) is 60.2 Å². The van der Waals surface area contributed by atoms with Gasteiger partial charge in [-0.1, -0.05) is 43.3 Å². The molecule has 0 saturated heterocycles. The Balaban J connectivity index is 2.02. The van der Waals surface area contributed by atoms with Gasteiger partial charge in [-0.05, 0) is 42.9 Å². The van der Waals surface area contributed by atoms with Crippen molar-refractivity contribution in [1.29, 1.82) is 0 Å². The zero-order valence-corrected chi connectivity index (χ0v) is 12.4. The highest BCUT2D eigenvalue weighted by atomic mass is 32.2. The molecule has 0 radical (unpaired) electrons. The van der Waals surface area contributed by atoms with Crippen LogP contribution in [0, 0.1) is 0 Å². The predicted octanol–water partition coefficient (Wildman–Crippen LogP) is 4.84. The summed E-state index contributed by atoms with van der Waals surface area (Å²) < 4.78 is 0. The topological polar surface area (TPSA) is 12.0 Å². The number of rotatable bonds is 6. The minimum absolute atomic E-state index is 0.486. The summed E-state index contributed by atoms with van der Waals surface area (Å²) in [4.78, 5) is 1.31. The second kappa shape index (κ2) is 7.25. The summed E-state index contributed by atoms with van der Waals surface area (Å²) in [5, 5.41) is 3.64. The second-order valence-corrected chi connectivity index (χ2v) is 5.55. The van der Waals surface area contributed by atoms with Crippen LogP contribution in [-0.4, -0.2) is 12.3 Å². The molecule has 0 heterocycles. The molecule has 0 saturated carbocycles. The maximum atomic E-state index is 3.64. The van der Waals surface area contributed by atoms with Gasteiger partial charge in [-0.15, -0.1) is 11.8 Å². The van der Waals surface area contributed by atoms with Crippen molar-refractivity contribution < 1.29 is 0 Å². The van der Waals surface area contributed by atoms with Crippen LogP contribution in [0.1, 0.15) is 18.9 Å². The van der Waals surface area contributed by atoms with E-state index in [-0.39, 0.29) is 0 Å². The van der Waals surface area contributed by atoms with Crippen LogP contribution in [0.5, 0.6) is 0 Å². The van der Waals surface area contributed by atoms with Gasteiger partial charge in [0.2, 0.25) is 0 Å². The van der Waals surface area contributed by atoms with E-state index in [0.29, 0.717) is 6.04 Å². The van der Waals surface area contributed by atoms with Crippen LogP contribution in [0.3, 0.4) is 0 Å². The third kappa shape index (κ3) is 4.32. The van der Waals surface area contributed by atoms with E-state index in [0.717, 1.165) is 12.8 Å². The lowest BCUT2D eigenvalue weighted by atomic mass is 10.0. The molecule has 0 aliphatic rings. The third-order valence-electron chi connectivity index (χ3n) is 3.26. The monoisotopic (exact) mass is 271 g/mol. The van der Waals surface area contributed by atoms with Crippen LogP contribution in [0.25, 0.3) is 0 Å². The van der Waals surface area contributed by atoms with Crippen molar-refractivity contribution in [3.8, 4) is 0 Å². The van der Waals surface area contributed by atoms with Crippen LogP contribution in [0.4, 0.5) is 5.69 Å². The molecule has 1 atom stereocenters. The van der Waals surface area contributed by atoms with Crippen molar-refractivity contribution >= 4 is 17.4 Å². The van der Waals surface area contributed by atoms with Crippen molar-refractivity contribution in [2.75, 3.05) is 11.6 Å². The molecule has 0 amide bonds. The molecule has 0 spiro atoms. The minimum atomic E-state index is 0.486. The van der Waals surface area contributed by atoms with Gasteiger partial charge in [-0.3, -0.25) is 0 Å². The Morgan fingerprint density at radius 2 is 1.84 bits per heavy atom. The van der Waals surface area contributed by atoms with Crippen LogP contribution in [0.2, 0.25) is 0 Å². The summed E-state index contributed by atoms with van der Waals surface area (Å²) in [7, 11) is 0. The molecule has 0 bridgehead atoms. The standard InChI is InChI=1S/C17H21NS/c1-3-15(12-14-8-5-4-6-9-14)18-16-10-7-11-17(13-16)19-2/h4-11,13,15,18H,3,12H2,1-2H3. The first-order valence-corrected chi connectivity index (χ1v) is 7.99. The molecule has 1 nitrogen and oxygen atoms in total. The Bertz CT molecular complexity index is 496. The van der Waals surface area contributed by atoms with Crippen LogP contribution in [0.15, 0.2) is 59.5 Å². The Hall–Kier alpha value is -1.41. The average Bonchev–Trinajstić information content (AvgIpc) is 2.48. The molecule has 2 aromatic carbocycles. The largest absolute Gasteiger partial charge is 0.382 e. The highest BCUT2D eigenvalue weighted by Gasteiger charge is 2.07. The quantitative estimate of drug-likeness (QED) is 0.754. The van der Waals surface area contributed by atoms with Crippen LogP contribution >= 0.6 is 11.8 Å². The number of hydrogen-bond donors (Lipinski definition) is 1. The predicted molar refractivity (Wildman–Crippen MR) is 86.1 cm³/mol. The minimum Gasteiger partial charge on any atom is -0.382 e. The second-order valence-electron chi connectivity index (χ2n) is 4.67. The van der Waals surface area contributed by atoms with Gasteiger partial charge in [0.15, 0.2) is 0 Å². The zero-order chi connectivity index (χ0) is 13.5. The highest BCUT2D eigenvalue weighted by molar-refractivity contribution is 7.98. The number of benzene rings is 2. The number of thioether (sulfide) groups is 1. The van der Waals surface area contributed by atoms with Gasteiger partial charge >= 0.3 is 0 Å². The van der Waals surface area contributed by atoms with Crippen molar-refractivity contribution in [2.24, 2.45) is 0 Å². The van der Waals surface area contributed by atoms with E-state index >= 15 is 0 Å². The summed E-state index contributed by atoms with van der Waals surface area (Å²) >= 11 is 1.78. The van der Waals surface area contributed by atoms with Gasteiger partial charge < -0.3 is 5.32 Å². The first-order valence-electron chi connectivity index (χ1n) is 6.76. The van der Waals surface area contributed by atoms with Crippen molar-refractivity contribution in [2.45, 2.75) is 30.7 Å². The van der Waals surface area contributed by atoms with Crippen molar-refractivity contribution in [1.82, 2.24) is 0 Å². The van der Waals surface area contributed by atoms with E-state index in [1.54, 1.807) is 11.8 Å². The van der Waals surface area contributed by atoms with E-state index < -0.39 is 0 Å². The molecule has 1 unspecified atom stereocenters.